The van der Waals surface area contributed by atoms with Gasteiger partial charge in [-0.15, -0.1) is 11.8 Å². The number of benzene rings is 2. The maximum Gasteiger partial charge on any atom is 0.352 e. The molecule has 3 aliphatic heterocycles. The van der Waals surface area contributed by atoms with Crippen molar-refractivity contribution < 1.29 is 38.1 Å². The number of fused-ring (bicyclic) bond motifs is 2. The summed E-state index contributed by atoms with van der Waals surface area (Å²) in [6, 6.07) is 10.5. The number of hydrogen-bond donors (Lipinski definition) is 2. The highest BCUT2D eigenvalue weighted by molar-refractivity contribution is 8.00. The Morgan fingerprint density at radius 1 is 1.11 bits per heavy atom. The summed E-state index contributed by atoms with van der Waals surface area (Å²) in [6.45, 7) is 2.85. The number of carbonyl (C=O) groups is 4. The van der Waals surface area contributed by atoms with Gasteiger partial charge in [0, 0.05) is 42.5 Å². The van der Waals surface area contributed by atoms with E-state index in [0.717, 1.165) is 36.9 Å². The molecule has 6 rings (SSSR count). The van der Waals surface area contributed by atoms with Gasteiger partial charge >= 0.3 is 11.9 Å². The minimum Gasteiger partial charge on any atom is -0.484 e. The van der Waals surface area contributed by atoms with Gasteiger partial charge < -0.3 is 29.4 Å². The molecule has 4 heterocycles. The molecular weight excluding hydrogens is 619 g/mol. The van der Waals surface area contributed by atoms with Crippen molar-refractivity contribution in [1.82, 2.24) is 14.8 Å². The summed E-state index contributed by atoms with van der Waals surface area (Å²) in [4.78, 5) is 67.1. The third-order valence-corrected chi connectivity index (χ3v) is 9.55. The van der Waals surface area contributed by atoms with Crippen LogP contribution < -0.4 is 20.4 Å². The molecule has 0 bridgehead atoms. The predicted molar refractivity (Wildman–Crippen MR) is 167 cm³/mol. The maximum atomic E-state index is 15.1. The average molecular weight is 651 g/mol. The number of pyridine rings is 1. The van der Waals surface area contributed by atoms with Crippen LogP contribution in [0.25, 0.3) is 10.9 Å². The molecule has 2 aromatic carbocycles. The molecule has 12 nitrogen and oxygen atoms in total. The number of anilines is 1. The Kier molecular flexibility index (Phi) is 8.71. The van der Waals surface area contributed by atoms with Crippen LogP contribution in [-0.4, -0.2) is 81.8 Å². The van der Waals surface area contributed by atoms with E-state index >= 15 is 4.39 Å². The van der Waals surface area contributed by atoms with Crippen LogP contribution in [0.2, 0.25) is 0 Å². The van der Waals surface area contributed by atoms with Crippen molar-refractivity contribution in [2.24, 2.45) is 0 Å². The normalized spacial score (nSPS) is 19.1. The van der Waals surface area contributed by atoms with Gasteiger partial charge in [0.2, 0.25) is 5.43 Å². The van der Waals surface area contributed by atoms with Crippen LogP contribution in [0.4, 0.5) is 10.1 Å². The number of carboxylic acids is 1. The molecule has 3 aliphatic rings. The first-order valence-electron chi connectivity index (χ1n) is 14.8. The molecule has 0 radical (unpaired) electrons. The molecule has 1 aromatic heterocycles. The van der Waals surface area contributed by atoms with Gasteiger partial charge in [0.1, 0.15) is 40.8 Å². The SMILES string of the molecule is CCn1cc(C(=O)OCC2=C(C(=O)O)N3C(=O)C(NC(=O)COc4ccccc4)[C@H]3SC2)c(=O)c2cc(F)c(N3CCCC3)cc21. The summed E-state index contributed by atoms with van der Waals surface area (Å²) in [5, 5.41) is 11.9. The molecular formula is C32H31FN4O8S. The van der Waals surface area contributed by atoms with Crippen molar-refractivity contribution in [2.45, 2.75) is 37.7 Å². The van der Waals surface area contributed by atoms with Crippen LogP contribution >= 0.6 is 11.8 Å². The minimum atomic E-state index is -1.40. The van der Waals surface area contributed by atoms with Crippen molar-refractivity contribution in [1.29, 1.82) is 0 Å². The van der Waals surface area contributed by atoms with Crippen molar-refractivity contribution in [3.8, 4) is 5.75 Å². The van der Waals surface area contributed by atoms with E-state index in [-0.39, 0.29) is 34.6 Å². The topological polar surface area (TPSA) is 147 Å². The zero-order valence-corrected chi connectivity index (χ0v) is 25.7. The molecule has 0 aliphatic carbocycles. The van der Waals surface area contributed by atoms with Crippen LogP contribution in [0.1, 0.15) is 30.1 Å². The van der Waals surface area contributed by atoms with Crippen molar-refractivity contribution in [3.63, 3.8) is 0 Å². The fourth-order valence-corrected chi connectivity index (χ4v) is 7.24. The molecule has 2 amide bonds. The maximum absolute atomic E-state index is 15.1. The Labute approximate surface area is 266 Å². The summed E-state index contributed by atoms with van der Waals surface area (Å²) >= 11 is 1.21. The van der Waals surface area contributed by atoms with Crippen LogP contribution in [0, 0.1) is 5.82 Å². The Bertz CT molecular complexity index is 1820. The first-order chi connectivity index (χ1) is 22.2. The zero-order chi connectivity index (χ0) is 32.5. The van der Waals surface area contributed by atoms with Gasteiger partial charge in [0.15, 0.2) is 6.61 Å². The molecule has 0 spiro atoms. The van der Waals surface area contributed by atoms with Crippen LogP contribution in [0.5, 0.6) is 5.75 Å². The first kappa shape index (κ1) is 31.1. The lowest BCUT2D eigenvalue weighted by Crippen LogP contribution is -2.71. The van der Waals surface area contributed by atoms with E-state index in [4.69, 9.17) is 9.47 Å². The van der Waals surface area contributed by atoms with Crippen molar-refractivity contribution in [2.75, 3.05) is 37.0 Å². The van der Waals surface area contributed by atoms with Crippen molar-refractivity contribution >= 4 is 52.1 Å². The number of esters is 1. The number of nitrogens with one attached hydrogen (secondary N) is 1. The van der Waals surface area contributed by atoms with E-state index in [1.54, 1.807) is 41.0 Å². The van der Waals surface area contributed by atoms with E-state index in [1.807, 2.05) is 11.8 Å². The van der Waals surface area contributed by atoms with Crippen LogP contribution in [0.3, 0.4) is 0 Å². The van der Waals surface area contributed by atoms with Crippen LogP contribution in [-0.2, 0) is 25.7 Å². The average Bonchev–Trinajstić information content (AvgIpc) is 3.60. The lowest BCUT2D eigenvalue weighted by Gasteiger charge is -2.49. The molecule has 2 fully saturated rings. The quantitative estimate of drug-likeness (QED) is 0.248. The van der Waals surface area contributed by atoms with Crippen molar-refractivity contribution in [3.05, 3.63) is 81.5 Å². The number of aliphatic carboxylic acids is 1. The summed E-state index contributed by atoms with van der Waals surface area (Å²) < 4.78 is 27.6. The van der Waals surface area contributed by atoms with Gasteiger partial charge in [-0.1, -0.05) is 18.2 Å². The standard InChI is InChI=1S/C32H31FN4O8S/c1-2-35-14-21(28(39)20-12-22(33)24(13-23(20)35)36-10-6-7-11-36)32(43)45-15-18-17-46-30-26(29(40)37(30)27(18)31(41)42)34-25(38)16-44-19-8-4-3-5-9-19/h3-5,8-9,12-14,26,30H,2,6-7,10-11,15-17H2,1H3,(H,34,38)(H,41,42)/t26?,30-/m1/s1. The third kappa shape index (κ3) is 5.80. The minimum absolute atomic E-state index is 0.0340. The molecule has 1 unspecified atom stereocenters. The number of β-lactam (4-membered cyclic amide) rings is 1. The fourth-order valence-electron chi connectivity index (χ4n) is 5.91. The summed E-state index contributed by atoms with van der Waals surface area (Å²) in [5.74, 6) is -3.53. The number of para-hydroxylation sites is 1. The highest BCUT2D eigenvalue weighted by Crippen LogP contribution is 2.40. The van der Waals surface area contributed by atoms with E-state index in [2.05, 4.69) is 5.32 Å². The number of carbonyl (C=O) groups excluding carboxylic acids is 3. The first-order valence-corrected chi connectivity index (χ1v) is 15.9. The van der Waals surface area contributed by atoms with E-state index in [1.165, 1.54) is 18.0 Å². The van der Waals surface area contributed by atoms with Crippen LogP contribution in [0.15, 0.2) is 64.7 Å². The number of hydrogen-bond acceptors (Lipinski definition) is 9. The molecule has 2 saturated heterocycles. The van der Waals surface area contributed by atoms with E-state index in [9.17, 15) is 29.1 Å². The molecule has 240 valence electrons. The second-order valence-corrected chi connectivity index (χ2v) is 12.2. The van der Waals surface area contributed by atoms with Gasteiger partial charge in [0.05, 0.1) is 11.2 Å². The molecule has 46 heavy (non-hydrogen) atoms. The monoisotopic (exact) mass is 650 g/mol. The summed E-state index contributed by atoms with van der Waals surface area (Å²) in [7, 11) is 0. The van der Waals surface area contributed by atoms with Gasteiger partial charge in [-0.05, 0) is 44.0 Å². The summed E-state index contributed by atoms with van der Waals surface area (Å²) in [5.41, 5.74) is -0.301. The fraction of sp³-hybridized carbons (Fsp3) is 0.344. The smallest absolute Gasteiger partial charge is 0.352 e. The number of rotatable bonds is 10. The highest BCUT2D eigenvalue weighted by atomic mass is 32.2. The number of carboxylic acid groups (broad SMARTS) is 1. The molecule has 2 N–H and O–H groups in total. The lowest BCUT2D eigenvalue weighted by atomic mass is 10.0. The summed E-state index contributed by atoms with van der Waals surface area (Å²) in [6.07, 6.45) is 3.27. The number of aryl methyl sites for hydroxylation is 1. The van der Waals surface area contributed by atoms with Gasteiger partial charge in [0.25, 0.3) is 11.8 Å². The second kappa shape index (κ2) is 12.9. The van der Waals surface area contributed by atoms with E-state index in [0.29, 0.717) is 23.5 Å². The number of aromatic nitrogens is 1. The third-order valence-electron chi connectivity index (χ3n) is 8.21. The Hall–Kier alpha value is -4.85. The number of ether oxygens (including phenoxy) is 2. The lowest BCUT2D eigenvalue weighted by molar-refractivity contribution is -0.151. The number of halogens is 1. The number of nitrogens with zero attached hydrogens (tertiary/aromatic N) is 3. The Morgan fingerprint density at radius 2 is 1.85 bits per heavy atom. The Morgan fingerprint density at radius 3 is 2.54 bits per heavy atom. The molecule has 2 atom stereocenters. The van der Waals surface area contributed by atoms with Gasteiger partial charge in [-0.2, -0.15) is 0 Å². The molecule has 0 saturated carbocycles. The molecule has 3 aromatic rings. The van der Waals surface area contributed by atoms with Gasteiger partial charge in [-0.25, -0.2) is 14.0 Å². The number of thioether (sulfide) groups is 1. The highest BCUT2D eigenvalue weighted by Gasteiger charge is 2.54. The van der Waals surface area contributed by atoms with Gasteiger partial charge in [-0.3, -0.25) is 19.3 Å². The largest absolute Gasteiger partial charge is 0.484 e. The molecule has 14 heteroatoms. The second-order valence-electron chi connectivity index (χ2n) is 11.1. The predicted octanol–water partition coefficient (Wildman–Crippen LogP) is 2.74. The Balaban J connectivity index is 1.16. The number of amides is 2. The zero-order valence-electron chi connectivity index (χ0n) is 24.9. The van der Waals surface area contributed by atoms with E-state index < -0.39 is 53.0 Å².